The fourth-order valence-corrected chi connectivity index (χ4v) is 1.77. The monoisotopic (exact) mass is 207 g/mol. The molecule has 0 aliphatic rings. The molecule has 3 heteroatoms. The molecule has 0 aromatic carbocycles. The van der Waals surface area contributed by atoms with Gasteiger partial charge in [0.1, 0.15) is 0 Å². The molecule has 0 saturated heterocycles. The molecule has 1 unspecified atom stereocenters. The van der Waals surface area contributed by atoms with E-state index in [9.17, 15) is 0 Å². The van der Waals surface area contributed by atoms with Crippen LogP contribution in [0.15, 0.2) is 18.5 Å². The van der Waals surface area contributed by atoms with Crippen molar-refractivity contribution in [3.8, 4) is 0 Å². The second-order valence-corrected chi connectivity index (χ2v) is 3.95. The molecule has 1 aromatic heterocycles. The van der Waals surface area contributed by atoms with E-state index in [0.29, 0.717) is 0 Å². The summed E-state index contributed by atoms with van der Waals surface area (Å²) in [5.74, 6) is 5.58. The van der Waals surface area contributed by atoms with Gasteiger partial charge in [-0.15, -0.1) is 0 Å². The largest absolute Gasteiger partial charge is 0.271 e. The van der Waals surface area contributed by atoms with Crippen LogP contribution in [0.2, 0.25) is 0 Å². The van der Waals surface area contributed by atoms with Crippen LogP contribution in [0, 0.1) is 6.92 Å². The summed E-state index contributed by atoms with van der Waals surface area (Å²) in [6.45, 7) is 4.31. The molecule has 15 heavy (non-hydrogen) atoms. The van der Waals surface area contributed by atoms with Crippen LogP contribution in [0.25, 0.3) is 0 Å². The van der Waals surface area contributed by atoms with Crippen molar-refractivity contribution >= 4 is 0 Å². The molecule has 1 atom stereocenters. The minimum absolute atomic E-state index is 0.241. The van der Waals surface area contributed by atoms with Gasteiger partial charge >= 0.3 is 0 Å². The predicted octanol–water partition coefficient (Wildman–Crippen LogP) is 2.47. The fraction of sp³-hybridized carbons (Fsp3) is 0.583. The van der Waals surface area contributed by atoms with Gasteiger partial charge in [0.2, 0.25) is 0 Å². The Bertz CT molecular complexity index is 286. The number of hydrogen-bond donors (Lipinski definition) is 2. The summed E-state index contributed by atoms with van der Waals surface area (Å²) in [5.41, 5.74) is 5.35. The molecule has 0 amide bonds. The van der Waals surface area contributed by atoms with Gasteiger partial charge < -0.3 is 0 Å². The first-order valence-electron chi connectivity index (χ1n) is 5.66. The van der Waals surface area contributed by atoms with Gasteiger partial charge in [-0.3, -0.25) is 16.3 Å². The van der Waals surface area contributed by atoms with Crippen molar-refractivity contribution in [3.63, 3.8) is 0 Å². The lowest BCUT2D eigenvalue weighted by Gasteiger charge is -2.17. The Labute approximate surface area is 92.1 Å². The minimum Gasteiger partial charge on any atom is -0.271 e. The number of hydrazine groups is 1. The number of nitrogens with one attached hydrogen (secondary N) is 1. The number of hydrogen-bond acceptors (Lipinski definition) is 3. The molecule has 1 heterocycles. The fourth-order valence-electron chi connectivity index (χ4n) is 1.77. The van der Waals surface area contributed by atoms with E-state index in [0.717, 1.165) is 6.42 Å². The van der Waals surface area contributed by atoms with Crippen molar-refractivity contribution in [2.24, 2.45) is 5.84 Å². The zero-order valence-electron chi connectivity index (χ0n) is 9.66. The molecule has 1 aromatic rings. The molecule has 3 nitrogen and oxygen atoms in total. The highest BCUT2D eigenvalue weighted by atomic mass is 15.2. The van der Waals surface area contributed by atoms with Crippen molar-refractivity contribution in [3.05, 3.63) is 29.6 Å². The van der Waals surface area contributed by atoms with Crippen molar-refractivity contribution in [2.75, 3.05) is 0 Å². The molecule has 1 rings (SSSR count). The van der Waals surface area contributed by atoms with Crippen LogP contribution in [-0.4, -0.2) is 4.98 Å². The van der Waals surface area contributed by atoms with Crippen molar-refractivity contribution < 1.29 is 0 Å². The van der Waals surface area contributed by atoms with Crippen molar-refractivity contribution in [1.29, 1.82) is 0 Å². The zero-order valence-corrected chi connectivity index (χ0v) is 9.66. The minimum atomic E-state index is 0.241. The number of nitrogens with two attached hydrogens (primary N) is 1. The Balaban J connectivity index is 2.61. The molecule has 0 fully saturated rings. The number of nitrogens with zero attached hydrogens (tertiary/aromatic N) is 1. The number of aromatic nitrogens is 1. The molecule has 84 valence electrons. The average Bonchev–Trinajstić information content (AvgIpc) is 2.26. The van der Waals surface area contributed by atoms with Gasteiger partial charge in [-0.05, 0) is 30.5 Å². The molecule has 0 bridgehead atoms. The Morgan fingerprint density at radius 3 is 2.87 bits per heavy atom. The lowest BCUT2D eigenvalue weighted by Crippen LogP contribution is -2.28. The summed E-state index contributed by atoms with van der Waals surface area (Å²) in [7, 11) is 0. The lowest BCUT2D eigenvalue weighted by molar-refractivity contribution is 0.484. The molecule has 0 spiro atoms. The molecular weight excluding hydrogens is 186 g/mol. The van der Waals surface area contributed by atoms with Crippen LogP contribution < -0.4 is 11.3 Å². The van der Waals surface area contributed by atoms with Gasteiger partial charge in [0, 0.05) is 18.4 Å². The lowest BCUT2D eigenvalue weighted by atomic mass is 9.99. The van der Waals surface area contributed by atoms with Crippen LogP contribution in [0.4, 0.5) is 0 Å². The Kier molecular flexibility index (Phi) is 5.29. The number of unbranched alkanes of at least 4 members (excludes halogenated alkanes) is 2. The van der Waals surface area contributed by atoms with Gasteiger partial charge in [-0.1, -0.05) is 26.2 Å². The standard InChI is InChI=1S/C12H21N3/c1-3-4-5-6-12(15-13)11-9-14-8-7-10(11)2/h7-9,12,15H,3-6,13H2,1-2H3. The maximum absolute atomic E-state index is 5.58. The third-order valence-electron chi connectivity index (χ3n) is 2.75. The summed E-state index contributed by atoms with van der Waals surface area (Å²) in [5, 5.41) is 0. The van der Waals surface area contributed by atoms with Gasteiger partial charge in [0.05, 0.1) is 0 Å². The van der Waals surface area contributed by atoms with E-state index < -0.39 is 0 Å². The Morgan fingerprint density at radius 1 is 1.47 bits per heavy atom. The van der Waals surface area contributed by atoms with Gasteiger partial charge in [-0.2, -0.15) is 0 Å². The van der Waals surface area contributed by atoms with Gasteiger partial charge in [-0.25, -0.2) is 0 Å². The Hall–Kier alpha value is -0.930. The normalized spacial score (nSPS) is 12.7. The third-order valence-corrected chi connectivity index (χ3v) is 2.75. The third kappa shape index (κ3) is 3.61. The summed E-state index contributed by atoms with van der Waals surface area (Å²) < 4.78 is 0. The van der Waals surface area contributed by atoms with E-state index in [4.69, 9.17) is 5.84 Å². The number of rotatable bonds is 6. The summed E-state index contributed by atoms with van der Waals surface area (Å²) in [4.78, 5) is 4.15. The van der Waals surface area contributed by atoms with Gasteiger partial charge in [0.25, 0.3) is 0 Å². The second-order valence-electron chi connectivity index (χ2n) is 3.95. The summed E-state index contributed by atoms with van der Waals surface area (Å²) in [6.07, 6.45) is 8.52. The summed E-state index contributed by atoms with van der Waals surface area (Å²) in [6, 6.07) is 2.27. The second kappa shape index (κ2) is 6.53. The van der Waals surface area contributed by atoms with E-state index in [-0.39, 0.29) is 6.04 Å². The first kappa shape index (κ1) is 12.1. The molecule has 0 aliphatic heterocycles. The first-order valence-corrected chi connectivity index (χ1v) is 5.66. The maximum atomic E-state index is 5.58. The highest BCUT2D eigenvalue weighted by Gasteiger charge is 2.11. The van der Waals surface area contributed by atoms with Crippen LogP contribution in [0.5, 0.6) is 0 Å². The van der Waals surface area contributed by atoms with Crippen LogP contribution >= 0.6 is 0 Å². The first-order chi connectivity index (χ1) is 7.29. The maximum Gasteiger partial charge on any atom is 0.0477 e. The molecular formula is C12H21N3. The van der Waals surface area contributed by atoms with Crippen LogP contribution in [0.3, 0.4) is 0 Å². The molecule has 0 saturated carbocycles. The Morgan fingerprint density at radius 2 is 2.27 bits per heavy atom. The zero-order chi connectivity index (χ0) is 11.1. The van der Waals surface area contributed by atoms with E-state index in [2.05, 4.69) is 24.3 Å². The van der Waals surface area contributed by atoms with Crippen molar-refractivity contribution in [1.82, 2.24) is 10.4 Å². The van der Waals surface area contributed by atoms with E-state index >= 15 is 0 Å². The van der Waals surface area contributed by atoms with Crippen LogP contribution in [-0.2, 0) is 0 Å². The quantitative estimate of drug-likeness (QED) is 0.428. The van der Waals surface area contributed by atoms with Crippen molar-refractivity contribution in [2.45, 2.75) is 45.6 Å². The highest BCUT2D eigenvalue weighted by molar-refractivity contribution is 5.24. The predicted molar refractivity (Wildman–Crippen MR) is 63.2 cm³/mol. The molecule has 0 radical (unpaired) electrons. The van der Waals surface area contributed by atoms with E-state index in [1.54, 1.807) is 0 Å². The highest BCUT2D eigenvalue weighted by Crippen LogP contribution is 2.21. The van der Waals surface area contributed by atoms with Crippen LogP contribution in [0.1, 0.15) is 49.8 Å². The topological polar surface area (TPSA) is 50.9 Å². The smallest absolute Gasteiger partial charge is 0.0477 e. The van der Waals surface area contributed by atoms with Gasteiger partial charge in [0.15, 0.2) is 0 Å². The van der Waals surface area contributed by atoms with E-state index in [1.807, 2.05) is 18.5 Å². The molecule has 3 N–H and O–H groups in total. The molecule has 0 aliphatic carbocycles. The summed E-state index contributed by atoms with van der Waals surface area (Å²) >= 11 is 0. The van der Waals surface area contributed by atoms with E-state index in [1.165, 1.54) is 30.4 Å². The number of pyridine rings is 1. The average molecular weight is 207 g/mol. The SMILES string of the molecule is CCCCCC(NN)c1cnccc1C. The number of aryl methyl sites for hydroxylation is 1.